The lowest BCUT2D eigenvalue weighted by Crippen LogP contribution is -2.19. The van der Waals surface area contributed by atoms with Crippen molar-refractivity contribution in [3.05, 3.63) is 44.8 Å². The van der Waals surface area contributed by atoms with Gasteiger partial charge in [0.25, 0.3) is 0 Å². The molecule has 2 nitrogen and oxygen atoms in total. The summed E-state index contributed by atoms with van der Waals surface area (Å²) in [5.74, 6) is 0.937. The summed E-state index contributed by atoms with van der Waals surface area (Å²) >= 11 is 7.04. The number of nitrogens with zero attached hydrogens (tertiary/aromatic N) is 1. The van der Waals surface area contributed by atoms with Gasteiger partial charge in [0.1, 0.15) is 5.01 Å². The molecule has 1 N–H and O–H groups in total. The van der Waals surface area contributed by atoms with E-state index in [4.69, 9.17) is 4.98 Å². The molecule has 0 saturated heterocycles. The summed E-state index contributed by atoms with van der Waals surface area (Å²) in [6, 6.07) is 8.76. The Hall–Kier alpha value is -0.360. The molecule has 108 valence electrons. The van der Waals surface area contributed by atoms with Crippen LogP contribution >= 0.6 is 39.0 Å². The first-order valence-corrected chi connectivity index (χ1v) is 9.41. The lowest BCUT2D eigenvalue weighted by atomic mass is 10.2. The highest BCUT2D eigenvalue weighted by Gasteiger charge is 2.09. The van der Waals surface area contributed by atoms with Crippen LogP contribution in [0.4, 0.5) is 0 Å². The average Bonchev–Trinajstić information content (AvgIpc) is 2.93. The van der Waals surface area contributed by atoms with E-state index in [1.165, 1.54) is 9.90 Å². The molecule has 0 fully saturated rings. The third-order valence-electron chi connectivity index (χ3n) is 2.89. The summed E-state index contributed by atoms with van der Waals surface area (Å²) in [5.41, 5.74) is 1.16. The van der Waals surface area contributed by atoms with E-state index >= 15 is 0 Å². The van der Waals surface area contributed by atoms with Gasteiger partial charge in [-0.2, -0.15) is 0 Å². The Balaban J connectivity index is 1.87. The quantitative estimate of drug-likeness (QED) is 0.672. The Bertz CT molecular complexity index is 525. The van der Waals surface area contributed by atoms with Gasteiger partial charge in [-0.15, -0.1) is 23.1 Å². The molecule has 0 saturated carbocycles. The van der Waals surface area contributed by atoms with E-state index < -0.39 is 0 Å². The van der Waals surface area contributed by atoms with E-state index in [0.29, 0.717) is 6.04 Å². The standard InChI is InChI=1S/C15H19BrN2S2/c1-3-8-17-11(2)14-9-20-15(18-14)10-19-13-6-4-12(16)5-7-13/h4-7,9,11,17H,3,8,10H2,1-2H3. The number of benzene rings is 1. The summed E-state index contributed by atoms with van der Waals surface area (Å²) in [4.78, 5) is 6.00. The van der Waals surface area contributed by atoms with Gasteiger partial charge in [0.2, 0.25) is 0 Å². The fourth-order valence-corrected chi connectivity index (χ4v) is 3.80. The molecule has 0 amide bonds. The zero-order chi connectivity index (χ0) is 14.4. The van der Waals surface area contributed by atoms with Crippen LogP contribution in [0.2, 0.25) is 0 Å². The number of aromatic nitrogens is 1. The molecular weight excluding hydrogens is 352 g/mol. The van der Waals surface area contributed by atoms with Gasteiger partial charge in [-0.1, -0.05) is 22.9 Å². The molecule has 0 aliphatic rings. The highest BCUT2D eigenvalue weighted by atomic mass is 79.9. The zero-order valence-electron chi connectivity index (χ0n) is 11.7. The number of rotatable bonds is 7. The average molecular weight is 371 g/mol. The Morgan fingerprint density at radius 2 is 2.10 bits per heavy atom. The largest absolute Gasteiger partial charge is 0.309 e. The van der Waals surface area contributed by atoms with Gasteiger partial charge >= 0.3 is 0 Å². The molecule has 0 spiro atoms. The minimum absolute atomic E-state index is 0.345. The minimum atomic E-state index is 0.345. The summed E-state index contributed by atoms with van der Waals surface area (Å²) in [7, 11) is 0. The normalized spacial score (nSPS) is 12.6. The maximum Gasteiger partial charge on any atom is 0.103 e. The molecule has 2 rings (SSSR count). The maximum atomic E-state index is 4.72. The van der Waals surface area contributed by atoms with Crippen LogP contribution in [-0.4, -0.2) is 11.5 Å². The van der Waals surface area contributed by atoms with Crippen molar-refractivity contribution in [2.24, 2.45) is 0 Å². The molecule has 2 aromatic rings. The van der Waals surface area contributed by atoms with Crippen LogP contribution in [0.3, 0.4) is 0 Å². The Morgan fingerprint density at radius 1 is 1.35 bits per heavy atom. The van der Waals surface area contributed by atoms with Gasteiger partial charge in [0.15, 0.2) is 0 Å². The van der Waals surface area contributed by atoms with Crippen LogP contribution < -0.4 is 5.32 Å². The first kappa shape index (κ1) is 16.0. The molecule has 0 radical (unpaired) electrons. The van der Waals surface area contributed by atoms with Gasteiger partial charge in [0.05, 0.1) is 11.4 Å². The second kappa shape index (κ2) is 8.17. The summed E-state index contributed by atoms with van der Waals surface area (Å²) in [6.07, 6.45) is 1.15. The second-order valence-electron chi connectivity index (χ2n) is 4.58. The summed E-state index contributed by atoms with van der Waals surface area (Å²) in [5, 5.41) is 6.84. The Morgan fingerprint density at radius 3 is 2.80 bits per heavy atom. The topological polar surface area (TPSA) is 24.9 Å². The van der Waals surface area contributed by atoms with Crippen molar-refractivity contribution in [3.8, 4) is 0 Å². The van der Waals surface area contributed by atoms with Crippen molar-refractivity contribution < 1.29 is 0 Å². The van der Waals surface area contributed by atoms with E-state index in [0.717, 1.165) is 28.9 Å². The number of nitrogens with one attached hydrogen (secondary N) is 1. The number of halogens is 1. The van der Waals surface area contributed by atoms with E-state index in [2.05, 4.69) is 64.7 Å². The van der Waals surface area contributed by atoms with Crippen molar-refractivity contribution in [1.82, 2.24) is 10.3 Å². The van der Waals surface area contributed by atoms with Crippen LogP contribution in [0.15, 0.2) is 39.0 Å². The number of thiazole rings is 1. The van der Waals surface area contributed by atoms with Crippen LogP contribution in [0.5, 0.6) is 0 Å². The van der Waals surface area contributed by atoms with Gasteiger partial charge in [-0.3, -0.25) is 0 Å². The predicted octanol–water partition coefficient (Wildman–Crippen LogP) is 5.26. The van der Waals surface area contributed by atoms with Crippen molar-refractivity contribution in [2.75, 3.05) is 6.54 Å². The van der Waals surface area contributed by atoms with Crippen LogP contribution in [-0.2, 0) is 5.75 Å². The Labute approximate surface area is 137 Å². The van der Waals surface area contributed by atoms with Crippen molar-refractivity contribution in [3.63, 3.8) is 0 Å². The number of thioether (sulfide) groups is 1. The molecule has 1 aromatic carbocycles. The molecular formula is C15H19BrN2S2. The fourth-order valence-electron chi connectivity index (χ4n) is 1.73. The maximum absolute atomic E-state index is 4.72. The molecule has 0 aliphatic carbocycles. The summed E-state index contributed by atoms with van der Waals surface area (Å²) in [6.45, 7) is 5.40. The molecule has 1 heterocycles. The van der Waals surface area contributed by atoms with E-state index in [9.17, 15) is 0 Å². The molecule has 1 aromatic heterocycles. The number of hydrogen-bond acceptors (Lipinski definition) is 4. The second-order valence-corrected chi connectivity index (χ2v) is 7.49. The van der Waals surface area contributed by atoms with Crippen LogP contribution in [0.1, 0.15) is 37.0 Å². The first-order valence-electron chi connectivity index (χ1n) is 6.75. The predicted molar refractivity (Wildman–Crippen MR) is 92.5 cm³/mol. The molecule has 20 heavy (non-hydrogen) atoms. The van der Waals surface area contributed by atoms with E-state index in [1.54, 1.807) is 11.3 Å². The van der Waals surface area contributed by atoms with Crippen molar-refractivity contribution in [2.45, 2.75) is 37.0 Å². The lowest BCUT2D eigenvalue weighted by Gasteiger charge is -2.09. The minimum Gasteiger partial charge on any atom is -0.309 e. The SMILES string of the molecule is CCCNC(C)c1csc(CSc2ccc(Br)cc2)n1. The van der Waals surface area contributed by atoms with Gasteiger partial charge in [0, 0.05) is 20.8 Å². The van der Waals surface area contributed by atoms with Crippen LogP contribution in [0.25, 0.3) is 0 Å². The molecule has 1 unspecified atom stereocenters. The molecule has 0 bridgehead atoms. The highest BCUT2D eigenvalue weighted by Crippen LogP contribution is 2.26. The van der Waals surface area contributed by atoms with Crippen molar-refractivity contribution in [1.29, 1.82) is 0 Å². The monoisotopic (exact) mass is 370 g/mol. The lowest BCUT2D eigenvalue weighted by molar-refractivity contribution is 0.560. The van der Waals surface area contributed by atoms with E-state index in [-0.39, 0.29) is 0 Å². The van der Waals surface area contributed by atoms with E-state index in [1.807, 2.05) is 11.8 Å². The summed E-state index contributed by atoms with van der Waals surface area (Å²) < 4.78 is 1.12. The van der Waals surface area contributed by atoms with Crippen LogP contribution in [0, 0.1) is 0 Å². The third kappa shape index (κ3) is 4.88. The van der Waals surface area contributed by atoms with Gasteiger partial charge in [-0.25, -0.2) is 4.98 Å². The molecule has 5 heteroatoms. The Kier molecular flexibility index (Phi) is 6.55. The zero-order valence-corrected chi connectivity index (χ0v) is 14.9. The first-order chi connectivity index (χ1) is 9.69. The van der Waals surface area contributed by atoms with Crippen molar-refractivity contribution >= 4 is 39.0 Å². The van der Waals surface area contributed by atoms with Gasteiger partial charge in [-0.05, 0) is 44.2 Å². The third-order valence-corrected chi connectivity index (χ3v) is 5.49. The highest BCUT2D eigenvalue weighted by molar-refractivity contribution is 9.10. The smallest absolute Gasteiger partial charge is 0.103 e. The molecule has 1 atom stereocenters. The van der Waals surface area contributed by atoms with Gasteiger partial charge < -0.3 is 5.32 Å². The fraction of sp³-hybridized carbons (Fsp3) is 0.400. The number of hydrogen-bond donors (Lipinski definition) is 1. The molecule has 0 aliphatic heterocycles.